The van der Waals surface area contributed by atoms with Crippen LogP contribution < -0.4 is 0 Å². The van der Waals surface area contributed by atoms with Crippen molar-refractivity contribution >= 4 is 12.3 Å². The molecule has 2 nitrogen and oxygen atoms in total. The van der Waals surface area contributed by atoms with E-state index in [0.717, 1.165) is 23.8 Å². The minimum atomic E-state index is 0.866. The average Bonchev–Trinajstić information content (AvgIpc) is 1.91. The van der Waals surface area contributed by atoms with E-state index >= 15 is 0 Å². The van der Waals surface area contributed by atoms with E-state index in [-0.39, 0.29) is 0 Å². The van der Waals surface area contributed by atoms with E-state index in [9.17, 15) is 0 Å². The third kappa shape index (κ3) is 0.825. The molecule has 0 amide bonds. The fourth-order valence-corrected chi connectivity index (χ4v) is 0.709. The maximum absolute atomic E-state index is 4.84. The summed E-state index contributed by atoms with van der Waals surface area (Å²) in [6, 6.07) is 0. The molecule has 0 atom stereocenters. The Kier molecular flexibility index (Phi) is 1.15. The molecule has 3 heteroatoms. The van der Waals surface area contributed by atoms with Crippen molar-refractivity contribution in [2.45, 2.75) is 13.8 Å². The molecule has 1 aliphatic rings. The van der Waals surface area contributed by atoms with Gasteiger partial charge >= 0.3 is 0 Å². The molecule has 0 fully saturated rings. The van der Waals surface area contributed by atoms with Gasteiger partial charge < -0.3 is 8.37 Å². The van der Waals surface area contributed by atoms with Crippen LogP contribution in [0.3, 0.4) is 0 Å². The van der Waals surface area contributed by atoms with Gasteiger partial charge in [0, 0.05) is 0 Å². The summed E-state index contributed by atoms with van der Waals surface area (Å²) < 4.78 is 9.68. The molecular weight excluding hydrogens is 112 g/mol. The van der Waals surface area contributed by atoms with Crippen LogP contribution >= 0.6 is 12.3 Å². The summed E-state index contributed by atoms with van der Waals surface area (Å²) in [5.41, 5.74) is 0. The maximum atomic E-state index is 4.84. The van der Waals surface area contributed by atoms with E-state index in [2.05, 4.69) is 0 Å². The van der Waals surface area contributed by atoms with Crippen molar-refractivity contribution in [1.82, 2.24) is 0 Å². The molecule has 0 unspecified atom stereocenters. The SMILES string of the molecule is CC1=C(C)OSO1. The summed E-state index contributed by atoms with van der Waals surface area (Å²) in [5, 5.41) is 0. The quantitative estimate of drug-likeness (QED) is 0.452. The first-order valence-corrected chi connectivity index (χ1v) is 2.66. The van der Waals surface area contributed by atoms with Gasteiger partial charge in [-0.15, -0.1) is 0 Å². The van der Waals surface area contributed by atoms with Crippen molar-refractivity contribution in [2.75, 3.05) is 0 Å². The highest BCUT2D eigenvalue weighted by Gasteiger charge is 2.08. The van der Waals surface area contributed by atoms with Crippen molar-refractivity contribution in [1.29, 1.82) is 0 Å². The Balaban J connectivity index is 2.64. The first kappa shape index (κ1) is 4.84. The van der Waals surface area contributed by atoms with Gasteiger partial charge in [0.05, 0.1) is 0 Å². The Morgan fingerprint density at radius 2 is 1.57 bits per heavy atom. The van der Waals surface area contributed by atoms with Gasteiger partial charge in [0.15, 0.2) is 11.5 Å². The molecule has 0 aliphatic carbocycles. The largest absolute Gasteiger partial charge is 0.393 e. The van der Waals surface area contributed by atoms with E-state index in [4.69, 9.17) is 8.37 Å². The second kappa shape index (κ2) is 1.66. The number of hydrogen-bond acceptors (Lipinski definition) is 3. The van der Waals surface area contributed by atoms with Crippen molar-refractivity contribution < 1.29 is 8.37 Å². The molecule has 1 rings (SSSR count). The predicted octanol–water partition coefficient (Wildman–Crippen LogP) is 1.85. The highest BCUT2D eigenvalue weighted by molar-refractivity contribution is 7.90. The lowest BCUT2D eigenvalue weighted by atomic mass is 10.5. The summed E-state index contributed by atoms with van der Waals surface area (Å²) in [6.45, 7) is 3.74. The second-order valence-electron chi connectivity index (χ2n) is 1.35. The lowest BCUT2D eigenvalue weighted by Gasteiger charge is -1.81. The van der Waals surface area contributed by atoms with E-state index in [1.54, 1.807) is 0 Å². The Morgan fingerprint density at radius 1 is 1.14 bits per heavy atom. The lowest BCUT2D eigenvalue weighted by molar-refractivity contribution is 0.494. The van der Waals surface area contributed by atoms with E-state index in [1.807, 2.05) is 13.8 Å². The topological polar surface area (TPSA) is 18.5 Å². The summed E-state index contributed by atoms with van der Waals surface area (Å²) in [7, 11) is 0. The van der Waals surface area contributed by atoms with Gasteiger partial charge in [0.25, 0.3) is 12.3 Å². The maximum Gasteiger partial charge on any atom is 0.293 e. The average molecular weight is 118 g/mol. The van der Waals surface area contributed by atoms with E-state index < -0.39 is 0 Å². The van der Waals surface area contributed by atoms with Crippen LogP contribution in [0.5, 0.6) is 0 Å². The molecule has 1 aliphatic heterocycles. The minimum Gasteiger partial charge on any atom is -0.393 e. The zero-order chi connectivity index (χ0) is 5.28. The fourth-order valence-electron chi connectivity index (χ4n) is 0.236. The van der Waals surface area contributed by atoms with Crippen LogP contribution in [-0.4, -0.2) is 0 Å². The molecule has 7 heavy (non-hydrogen) atoms. The molecule has 0 radical (unpaired) electrons. The number of allylic oxidation sites excluding steroid dienone is 2. The lowest BCUT2D eigenvalue weighted by Crippen LogP contribution is -1.70. The van der Waals surface area contributed by atoms with Crippen LogP contribution in [-0.2, 0) is 8.37 Å². The normalized spacial score (nSPS) is 19.1. The van der Waals surface area contributed by atoms with Crippen LogP contribution in [0.2, 0.25) is 0 Å². The van der Waals surface area contributed by atoms with Crippen molar-refractivity contribution in [3.63, 3.8) is 0 Å². The van der Waals surface area contributed by atoms with Crippen LogP contribution in [0.25, 0.3) is 0 Å². The van der Waals surface area contributed by atoms with Gasteiger partial charge in [-0.05, 0) is 13.8 Å². The molecule has 0 saturated heterocycles. The number of hydrogen-bond donors (Lipinski definition) is 0. The summed E-state index contributed by atoms with van der Waals surface area (Å²) >= 11 is 1.02. The molecule has 0 aromatic heterocycles. The zero-order valence-corrected chi connectivity index (χ0v) is 5.04. The van der Waals surface area contributed by atoms with Crippen LogP contribution in [0.4, 0.5) is 0 Å². The molecule has 40 valence electrons. The first-order valence-electron chi connectivity index (χ1n) is 1.99. The van der Waals surface area contributed by atoms with Gasteiger partial charge in [-0.25, -0.2) is 0 Å². The highest BCUT2D eigenvalue weighted by Crippen LogP contribution is 2.26. The van der Waals surface area contributed by atoms with Gasteiger partial charge in [0.1, 0.15) is 0 Å². The van der Waals surface area contributed by atoms with Crippen LogP contribution in [0.1, 0.15) is 13.8 Å². The Bertz CT molecular complexity index is 96.3. The van der Waals surface area contributed by atoms with Gasteiger partial charge in [-0.3, -0.25) is 0 Å². The molecule has 0 N–H and O–H groups in total. The molecule has 0 saturated carbocycles. The van der Waals surface area contributed by atoms with Crippen LogP contribution in [0.15, 0.2) is 11.5 Å². The number of rotatable bonds is 0. The third-order valence-corrected chi connectivity index (χ3v) is 1.45. The predicted molar refractivity (Wildman–Crippen MR) is 28.1 cm³/mol. The first-order chi connectivity index (χ1) is 3.30. The van der Waals surface area contributed by atoms with E-state index in [0.29, 0.717) is 0 Å². The van der Waals surface area contributed by atoms with Gasteiger partial charge in [-0.1, -0.05) is 0 Å². The minimum absolute atomic E-state index is 0.866. The molecule has 1 heterocycles. The summed E-state index contributed by atoms with van der Waals surface area (Å²) in [5.74, 6) is 1.73. The fraction of sp³-hybridized carbons (Fsp3) is 0.500. The standard InChI is InChI=1S/C4H6O2S/c1-3-4(2)6-7-5-3/h1-2H3. The smallest absolute Gasteiger partial charge is 0.293 e. The van der Waals surface area contributed by atoms with Crippen molar-refractivity contribution in [3.8, 4) is 0 Å². The molecular formula is C4H6O2S. The highest BCUT2D eigenvalue weighted by atomic mass is 32.2. The molecule has 0 aromatic rings. The molecule has 0 bridgehead atoms. The summed E-state index contributed by atoms with van der Waals surface area (Å²) in [4.78, 5) is 0. The zero-order valence-electron chi connectivity index (χ0n) is 4.22. The third-order valence-electron chi connectivity index (χ3n) is 0.814. The Morgan fingerprint density at radius 3 is 1.71 bits per heavy atom. The molecule has 0 aromatic carbocycles. The van der Waals surface area contributed by atoms with Gasteiger partial charge in [0.2, 0.25) is 0 Å². The molecule has 0 spiro atoms. The summed E-state index contributed by atoms with van der Waals surface area (Å²) in [6.07, 6.45) is 0. The van der Waals surface area contributed by atoms with Crippen LogP contribution in [0, 0.1) is 0 Å². The van der Waals surface area contributed by atoms with Gasteiger partial charge in [-0.2, -0.15) is 0 Å². The van der Waals surface area contributed by atoms with Crippen molar-refractivity contribution in [3.05, 3.63) is 11.5 Å². The van der Waals surface area contributed by atoms with Crippen molar-refractivity contribution in [2.24, 2.45) is 0 Å². The Labute approximate surface area is 46.9 Å². The monoisotopic (exact) mass is 118 g/mol. The Hall–Kier alpha value is -0.310. The second-order valence-corrected chi connectivity index (χ2v) is 1.82. The van der Waals surface area contributed by atoms with E-state index in [1.165, 1.54) is 0 Å².